The molecule has 17 heavy (non-hydrogen) atoms. The van der Waals surface area contributed by atoms with Crippen LogP contribution in [0.2, 0.25) is 0 Å². The molecule has 2 unspecified atom stereocenters. The van der Waals surface area contributed by atoms with Crippen molar-refractivity contribution in [2.45, 2.75) is 25.9 Å². The average Bonchev–Trinajstić information content (AvgIpc) is 2.32. The van der Waals surface area contributed by atoms with E-state index in [0.29, 0.717) is 12.1 Å². The van der Waals surface area contributed by atoms with Gasteiger partial charge in [0.2, 0.25) is 0 Å². The molecule has 3 heteroatoms. The number of likely N-dealkylation sites (N-methyl/N-ethyl adjacent to an activating group) is 1. The fourth-order valence-electron chi connectivity index (χ4n) is 2.54. The molecule has 1 saturated heterocycles. The maximum atomic E-state index is 5.86. The minimum Gasteiger partial charge on any atom is -0.368 e. The van der Waals surface area contributed by atoms with Gasteiger partial charge >= 0.3 is 0 Å². The molecule has 0 aromatic heterocycles. The zero-order chi connectivity index (χ0) is 12.4. The Hall–Kier alpha value is -1.06. The Bertz CT molecular complexity index is 377. The number of hydrogen-bond donors (Lipinski definition) is 1. The van der Waals surface area contributed by atoms with Gasteiger partial charge in [-0.15, -0.1) is 0 Å². The number of hydrogen-bond acceptors (Lipinski definition) is 3. The lowest BCUT2D eigenvalue weighted by molar-refractivity contribution is 0.162. The molecule has 94 valence electrons. The van der Waals surface area contributed by atoms with E-state index in [1.165, 1.54) is 11.3 Å². The molecule has 1 aliphatic heterocycles. The van der Waals surface area contributed by atoms with Crippen LogP contribution in [0.5, 0.6) is 0 Å². The summed E-state index contributed by atoms with van der Waals surface area (Å²) < 4.78 is 0. The summed E-state index contributed by atoms with van der Waals surface area (Å²) in [6.07, 6.45) is 0. The standard InChI is InChI=1S/C14H23N3/c1-11-5-4-6-13(7-11)17-9-12(2)16(3)14(8-15)10-17/h4-7,12,14H,8-10,15H2,1-3H3. The molecule has 1 fully saturated rings. The van der Waals surface area contributed by atoms with Gasteiger partial charge in [-0.2, -0.15) is 0 Å². The molecule has 0 aliphatic carbocycles. The fourth-order valence-corrected chi connectivity index (χ4v) is 2.54. The molecule has 0 spiro atoms. The Morgan fingerprint density at radius 3 is 2.76 bits per heavy atom. The number of piperazine rings is 1. The van der Waals surface area contributed by atoms with Gasteiger partial charge in [-0.05, 0) is 38.6 Å². The first-order chi connectivity index (χ1) is 8.11. The van der Waals surface area contributed by atoms with Crippen LogP contribution >= 0.6 is 0 Å². The minimum absolute atomic E-state index is 0.458. The van der Waals surface area contributed by atoms with Gasteiger partial charge in [0, 0.05) is 37.4 Å². The summed E-state index contributed by atoms with van der Waals surface area (Å²) >= 11 is 0. The SMILES string of the molecule is Cc1cccc(N2CC(C)N(C)C(CN)C2)c1. The largest absolute Gasteiger partial charge is 0.368 e. The molecule has 1 heterocycles. The van der Waals surface area contributed by atoms with Crippen LogP contribution in [0.3, 0.4) is 0 Å². The first-order valence-electron chi connectivity index (χ1n) is 6.35. The van der Waals surface area contributed by atoms with Crippen LogP contribution in [0, 0.1) is 6.92 Å². The van der Waals surface area contributed by atoms with Gasteiger partial charge in [-0.3, -0.25) is 4.90 Å². The monoisotopic (exact) mass is 233 g/mol. The lowest BCUT2D eigenvalue weighted by Crippen LogP contribution is -2.58. The molecule has 2 atom stereocenters. The van der Waals surface area contributed by atoms with Crippen molar-refractivity contribution in [2.24, 2.45) is 5.73 Å². The van der Waals surface area contributed by atoms with E-state index in [4.69, 9.17) is 5.73 Å². The second-order valence-electron chi connectivity index (χ2n) is 5.15. The van der Waals surface area contributed by atoms with E-state index >= 15 is 0 Å². The summed E-state index contributed by atoms with van der Waals surface area (Å²) in [7, 11) is 2.18. The summed E-state index contributed by atoms with van der Waals surface area (Å²) in [5.41, 5.74) is 8.50. The second kappa shape index (κ2) is 5.07. The molecule has 0 bridgehead atoms. The van der Waals surface area contributed by atoms with Crippen molar-refractivity contribution >= 4 is 5.69 Å². The Morgan fingerprint density at radius 2 is 2.12 bits per heavy atom. The molecular formula is C14H23N3. The summed E-state index contributed by atoms with van der Waals surface area (Å²) in [5, 5.41) is 0. The zero-order valence-corrected chi connectivity index (χ0v) is 11.1. The first kappa shape index (κ1) is 12.4. The lowest BCUT2D eigenvalue weighted by atomic mass is 10.1. The van der Waals surface area contributed by atoms with Crippen molar-refractivity contribution in [3.63, 3.8) is 0 Å². The van der Waals surface area contributed by atoms with E-state index in [1.807, 2.05) is 0 Å². The third-order valence-electron chi connectivity index (χ3n) is 3.83. The Labute approximate surface area is 104 Å². The number of aryl methyl sites for hydroxylation is 1. The molecule has 1 aromatic carbocycles. The minimum atomic E-state index is 0.458. The van der Waals surface area contributed by atoms with Crippen LogP contribution < -0.4 is 10.6 Å². The van der Waals surface area contributed by atoms with Crippen LogP contribution in [0.25, 0.3) is 0 Å². The number of benzene rings is 1. The van der Waals surface area contributed by atoms with Gasteiger partial charge in [0.1, 0.15) is 0 Å². The van der Waals surface area contributed by atoms with Crippen molar-refractivity contribution in [3.05, 3.63) is 29.8 Å². The molecule has 2 N–H and O–H groups in total. The van der Waals surface area contributed by atoms with E-state index < -0.39 is 0 Å². The van der Waals surface area contributed by atoms with E-state index in [2.05, 4.69) is 55.0 Å². The van der Waals surface area contributed by atoms with Crippen LogP contribution in [0.1, 0.15) is 12.5 Å². The smallest absolute Gasteiger partial charge is 0.0394 e. The maximum absolute atomic E-state index is 5.86. The Balaban J connectivity index is 2.17. The predicted molar refractivity (Wildman–Crippen MR) is 73.5 cm³/mol. The summed E-state index contributed by atoms with van der Waals surface area (Å²) in [4.78, 5) is 4.85. The normalized spacial score (nSPS) is 26.2. The maximum Gasteiger partial charge on any atom is 0.0394 e. The van der Waals surface area contributed by atoms with Gasteiger partial charge in [0.05, 0.1) is 0 Å². The van der Waals surface area contributed by atoms with Crippen LogP contribution in [-0.2, 0) is 0 Å². The summed E-state index contributed by atoms with van der Waals surface area (Å²) in [6.45, 7) is 7.24. The van der Waals surface area contributed by atoms with Gasteiger partial charge < -0.3 is 10.6 Å². The van der Waals surface area contributed by atoms with Crippen LogP contribution in [0.4, 0.5) is 5.69 Å². The number of nitrogens with two attached hydrogens (primary N) is 1. The predicted octanol–water partition coefficient (Wildman–Crippen LogP) is 1.46. The van der Waals surface area contributed by atoms with Crippen molar-refractivity contribution in [1.29, 1.82) is 0 Å². The molecule has 3 nitrogen and oxygen atoms in total. The number of anilines is 1. The lowest BCUT2D eigenvalue weighted by Gasteiger charge is -2.44. The van der Waals surface area contributed by atoms with Crippen molar-refractivity contribution in [2.75, 3.05) is 31.6 Å². The first-order valence-corrected chi connectivity index (χ1v) is 6.35. The molecule has 1 aromatic rings. The highest BCUT2D eigenvalue weighted by atomic mass is 15.3. The topological polar surface area (TPSA) is 32.5 Å². The van der Waals surface area contributed by atoms with E-state index in [-0.39, 0.29) is 0 Å². The van der Waals surface area contributed by atoms with Crippen molar-refractivity contribution in [3.8, 4) is 0 Å². The molecule has 0 radical (unpaired) electrons. The Morgan fingerprint density at radius 1 is 1.35 bits per heavy atom. The van der Waals surface area contributed by atoms with Gasteiger partial charge in [0.15, 0.2) is 0 Å². The fraction of sp³-hybridized carbons (Fsp3) is 0.571. The zero-order valence-electron chi connectivity index (χ0n) is 11.1. The van der Waals surface area contributed by atoms with Gasteiger partial charge in [-0.1, -0.05) is 12.1 Å². The second-order valence-corrected chi connectivity index (χ2v) is 5.15. The summed E-state index contributed by atoms with van der Waals surface area (Å²) in [5.74, 6) is 0. The van der Waals surface area contributed by atoms with Crippen LogP contribution in [-0.4, -0.2) is 43.7 Å². The van der Waals surface area contributed by atoms with Crippen molar-refractivity contribution in [1.82, 2.24) is 4.90 Å². The molecular weight excluding hydrogens is 210 g/mol. The molecule has 2 rings (SSSR count). The van der Waals surface area contributed by atoms with Gasteiger partial charge in [-0.25, -0.2) is 0 Å². The highest BCUT2D eigenvalue weighted by Crippen LogP contribution is 2.21. The molecule has 0 amide bonds. The average molecular weight is 233 g/mol. The third kappa shape index (κ3) is 2.61. The van der Waals surface area contributed by atoms with Crippen LogP contribution in [0.15, 0.2) is 24.3 Å². The highest BCUT2D eigenvalue weighted by molar-refractivity contribution is 5.49. The molecule has 1 aliphatic rings. The van der Waals surface area contributed by atoms with Gasteiger partial charge in [0.25, 0.3) is 0 Å². The quantitative estimate of drug-likeness (QED) is 0.839. The van der Waals surface area contributed by atoms with E-state index in [0.717, 1.165) is 19.6 Å². The van der Waals surface area contributed by atoms with E-state index in [9.17, 15) is 0 Å². The Kier molecular flexibility index (Phi) is 3.69. The molecule has 0 saturated carbocycles. The highest BCUT2D eigenvalue weighted by Gasteiger charge is 2.28. The van der Waals surface area contributed by atoms with Crippen molar-refractivity contribution < 1.29 is 0 Å². The third-order valence-corrected chi connectivity index (χ3v) is 3.83. The van der Waals surface area contributed by atoms with E-state index in [1.54, 1.807) is 0 Å². The number of nitrogens with zero attached hydrogens (tertiary/aromatic N) is 2. The number of rotatable bonds is 2. The summed E-state index contributed by atoms with van der Waals surface area (Å²) in [6, 6.07) is 9.73.